The molecule has 2 rings (SSSR count). The maximum absolute atomic E-state index is 5.69. The number of rotatable bonds is 9. The highest BCUT2D eigenvalue weighted by molar-refractivity contribution is 7.99. The predicted octanol–water partition coefficient (Wildman–Crippen LogP) is 5.55. The molecule has 0 fully saturated rings. The molecule has 0 aliphatic heterocycles. The third-order valence-electron chi connectivity index (χ3n) is 3.60. The van der Waals surface area contributed by atoms with Gasteiger partial charge in [0.25, 0.3) is 0 Å². The minimum Gasteiger partial charge on any atom is -0.399 e. The lowest BCUT2D eigenvalue weighted by atomic mass is 10.1. The van der Waals surface area contributed by atoms with Gasteiger partial charge in [0.05, 0.1) is 0 Å². The normalized spacial score (nSPS) is 10.7. The standard InChI is InChI=1S/C19H25NS/c20-18-14-12-17(13-15-18)9-5-2-1-3-8-16-21-19-10-6-4-7-11-19/h4,6-7,10-15H,1-3,5,8-9,16,20H2. The molecule has 0 saturated heterocycles. The maximum Gasteiger partial charge on any atom is 0.0314 e. The van der Waals surface area contributed by atoms with E-state index in [0.29, 0.717) is 0 Å². The van der Waals surface area contributed by atoms with Gasteiger partial charge in [0, 0.05) is 10.6 Å². The van der Waals surface area contributed by atoms with Crippen LogP contribution in [-0.4, -0.2) is 5.75 Å². The van der Waals surface area contributed by atoms with E-state index in [1.807, 2.05) is 23.9 Å². The molecular formula is C19H25NS. The molecule has 112 valence electrons. The molecule has 0 heterocycles. The number of benzene rings is 2. The van der Waals surface area contributed by atoms with E-state index in [-0.39, 0.29) is 0 Å². The van der Waals surface area contributed by atoms with Gasteiger partial charge in [-0.25, -0.2) is 0 Å². The number of unbranched alkanes of at least 4 members (excludes halogenated alkanes) is 4. The minimum absolute atomic E-state index is 0.856. The predicted molar refractivity (Wildman–Crippen MR) is 94.8 cm³/mol. The minimum atomic E-state index is 0.856. The quantitative estimate of drug-likeness (QED) is 0.373. The van der Waals surface area contributed by atoms with E-state index in [4.69, 9.17) is 5.73 Å². The summed E-state index contributed by atoms with van der Waals surface area (Å²) in [5, 5.41) is 0. The lowest BCUT2D eigenvalue weighted by Gasteiger charge is -2.03. The average Bonchev–Trinajstić information content (AvgIpc) is 2.53. The van der Waals surface area contributed by atoms with E-state index in [1.54, 1.807) is 0 Å². The summed E-state index contributed by atoms with van der Waals surface area (Å²) in [5.41, 5.74) is 7.95. The maximum atomic E-state index is 5.69. The number of hydrogen-bond acceptors (Lipinski definition) is 2. The summed E-state index contributed by atoms with van der Waals surface area (Å²) < 4.78 is 0. The van der Waals surface area contributed by atoms with Crippen LogP contribution >= 0.6 is 11.8 Å². The molecule has 0 unspecified atom stereocenters. The van der Waals surface area contributed by atoms with Crippen molar-refractivity contribution in [3.05, 3.63) is 60.2 Å². The van der Waals surface area contributed by atoms with Crippen molar-refractivity contribution in [2.45, 2.75) is 43.4 Å². The second-order valence-corrected chi connectivity index (χ2v) is 6.59. The van der Waals surface area contributed by atoms with Crippen LogP contribution in [0.25, 0.3) is 0 Å². The fourth-order valence-electron chi connectivity index (χ4n) is 2.35. The third-order valence-corrected chi connectivity index (χ3v) is 4.70. The molecule has 1 nitrogen and oxygen atoms in total. The van der Waals surface area contributed by atoms with Gasteiger partial charge in [-0.3, -0.25) is 0 Å². The summed E-state index contributed by atoms with van der Waals surface area (Å²) in [5.74, 6) is 1.24. The zero-order valence-electron chi connectivity index (χ0n) is 12.6. The Morgan fingerprint density at radius 2 is 1.38 bits per heavy atom. The monoisotopic (exact) mass is 299 g/mol. The van der Waals surface area contributed by atoms with Crippen LogP contribution in [0, 0.1) is 0 Å². The summed E-state index contributed by atoms with van der Waals surface area (Å²) >= 11 is 1.97. The molecule has 0 atom stereocenters. The molecule has 0 aliphatic rings. The van der Waals surface area contributed by atoms with Crippen molar-refractivity contribution in [2.24, 2.45) is 0 Å². The van der Waals surface area contributed by atoms with E-state index < -0.39 is 0 Å². The molecule has 21 heavy (non-hydrogen) atoms. The average molecular weight is 299 g/mol. The molecule has 0 bridgehead atoms. The van der Waals surface area contributed by atoms with Crippen LogP contribution < -0.4 is 5.73 Å². The summed E-state index contributed by atoms with van der Waals surface area (Å²) in [4.78, 5) is 1.39. The Kier molecular flexibility index (Phi) is 7.23. The first kappa shape index (κ1) is 16.0. The van der Waals surface area contributed by atoms with E-state index in [1.165, 1.54) is 54.7 Å². The van der Waals surface area contributed by atoms with Crippen molar-refractivity contribution in [1.82, 2.24) is 0 Å². The van der Waals surface area contributed by atoms with E-state index in [2.05, 4.69) is 42.5 Å². The third kappa shape index (κ3) is 6.72. The van der Waals surface area contributed by atoms with Crippen molar-refractivity contribution in [3.63, 3.8) is 0 Å². The van der Waals surface area contributed by atoms with Gasteiger partial charge in [-0.05, 0) is 54.8 Å². The first-order valence-corrected chi connectivity index (χ1v) is 8.85. The van der Waals surface area contributed by atoms with Crippen molar-refractivity contribution in [2.75, 3.05) is 11.5 Å². The van der Waals surface area contributed by atoms with Crippen molar-refractivity contribution in [1.29, 1.82) is 0 Å². The molecule has 0 aromatic heterocycles. The molecule has 0 spiro atoms. The Labute approximate surface area is 133 Å². The number of thioether (sulfide) groups is 1. The van der Waals surface area contributed by atoms with Crippen LogP contribution in [-0.2, 0) is 6.42 Å². The van der Waals surface area contributed by atoms with Gasteiger partial charge in [0.1, 0.15) is 0 Å². The highest BCUT2D eigenvalue weighted by Gasteiger charge is 1.96. The highest BCUT2D eigenvalue weighted by Crippen LogP contribution is 2.19. The lowest BCUT2D eigenvalue weighted by Crippen LogP contribution is -1.89. The second-order valence-electron chi connectivity index (χ2n) is 5.42. The molecule has 2 aromatic rings. The van der Waals surface area contributed by atoms with Crippen LogP contribution in [0.2, 0.25) is 0 Å². The molecular weight excluding hydrogens is 274 g/mol. The van der Waals surface area contributed by atoms with Gasteiger partial charge in [-0.2, -0.15) is 0 Å². The Morgan fingerprint density at radius 3 is 2.14 bits per heavy atom. The molecule has 2 N–H and O–H groups in total. The Balaban J connectivity index is 1.46. The van der Waals surface area contributed by atoms with Crippen LogP contribution in [0.15, 0.2) is 59.5 Å². The van der Waals surface area contributed by atoms with E-state index in [9.17, 15) is 0 Å². The van der Waals surface area contributed by atoms with Crippen LogP contribution in [0.3, 0.4) is 0 Å². The van der Waals surface area contributed by atoms with Gasteiger partial charge in [-0.15, -0.1) is 11.8 Å². The van der Waals surface area contributed by atoms with Gasteiger partial charge in [-0.1, -0.05) is 49.6 Å². The zero-order valence-corrected chi connectivity index (χ0v) is 13.4. The van der Waals surface area contributed by atoms with Crippen molar-refractivity contribution < 1.29 is 0 Å². The Morgan fingerprint density at radius 1 is 0.714 bits per heavy atom. The van der Waals surface area contributed by atoms with Crippen LogP contribution in [0.4, 0.5) is 5.69 Å². The zero-order chi connectivity index (χ0) is 14.8. The smallest absolute Gasteiger partial charge is 0.0314 e. The van der Waals surface area contributed by atoms with Crippen LogP contribution in [0.1, 0.15) is 37.7 Å². The van der Waals surface area contributed by atoms with Gasteiger partial charge in [0.2, 0.25) is 0 Å². The molecule has 0 radical (unpaired) electrons. The molecule has 0 saturated carbocycles. The second kappa shape index (κ2) is 9.51. The topological polar surface area (TPSA) is 26.0 Å². The van der Waals surface area contributed by atoms with Crippen molar-refractivity contribution >= 4 is 17.4 Å². The number of nitrogen functional groups attached to an aromatic ring is 1. The van der Waals surface area contributed by atoms with Crippen molar-refractivity contribution in [3.8, 4) is 0 Å². The Bertz CT molecular complexity index is 493. The summed E-state index contributed by atoms with van der Waals surface area (Å²) in [6.45, 7) is 0. The fraction of sp³-hybridized carbons (Fsp3) is 0.368. The first-order valence-electron chi connectivity index (χ1n) is 7.87. The van der Waals surface area contributed by atoms with Crippen LogP contribution in [0.5, 0.6) is 0 Å². The first-order chi connectivity index (χ1) is 10.3. The largest absolute Gasteiger partial charge is 0.399 e. The number of aryl methyl sites for hydroxylation is 1. The molecule has 2 aromatic carbocycles. The van der Waals surface area contributed by atoms with E-state index in [0.717, 1.165) is 5.69 Å². The Hall–Kier alpha value is -1.41. The highest BCUT2D eigenvalue weighted by atomic mass is 32.2. The SMILES string of the molecule is Nc1ccc(CCCCCCCSc2ccccc2)cc1. The number of nitrogens with two attached hydrogens (primary N) is 1. The molecule has 2 heteroatoms. The summed E-state index contributed by atoms with van der Waals surface area (Å²) in [7, 11) is 0. The number of anilines is 1. The molecule has 0 aliphatic carbocycles. The molecule has 0 amide bonds. The summed E-state index contributed by atoms with van der Waals surface area (Å²) in [6.07, 6.45) is 7.82. The van der Waals surface area contributed by atoms with Gasteiger partial charge < -0.3 is 5.73 Å². The lowest BCUT2D eigenvalue weighted by molar-refractivity contribution is 0.634. The van der Waals surface area contributed by atoms with Gasteiger partial charge in [0.15, 0.2) is 0 Å². The summed E-state index contributed by atoms with van der Waals surface area (Å²) in [6, 6.07) is 19.0. The van der Waals surface area contributed by atoms with E-state index >= 15 is 0 Å². The fourth-order valence-corrected chi connectivity index (χ4v) is 3.29. The number of hydrogen-bond donors (Lipinski definition) is 1. The van der Waals surface area contributed by atoms with Gasteiger partial charge >= 0.3 is 0 Å².